The summed E-state index contributed by atoms with van der Waals surface area (Å²) < 4.78 is 1.16. The van der Waals surface area contributed by atoms with Crippen molar-refractivity contribution in [3.63, 3.8) is 0 Å². The van der Waals surface area contributed by atoms with E-state index in [0.717, 1.165) is 4.47 Å². The summed E-state index contributed by atoms with van der Waals surface area (Å²) >= 11 is 3.56. The second-order valence-electron chi connectivity index (χ2n) is 4.68. The first-order chi connectivity index (χ1) is 8.26. The summed E-state index contributed by atoms with van der Waals surface area (Å²) in [5, 5.41) is 1.38. The van der Waals surface area contributed by atoms with Crippen LogP contribution >= 0.6 is 15.9 Å². The molecule has 1 N–H and O–H groups in total. The SMILES string of the molecule is CCCCC(CC)c1c[nH]c2ccc(Br)cc12. The van der Waals surface area contributed by atoms with Crippen LogP contribution in [0, 0.1) is 0 Å². The van der Waals surface area contributed by atoms with Gasteiger partial charge in [0, 0.05) is 21.6 Å². The number of aromatic nitrogens is 1. The van der Waals surface area contributed by atoms with Crippen LogP contribution in [-0.4, -0.2) is 4.98 Å². The van der Waals surface area contributed by atoms with Gasteiger partial charge in [-0.25, -0.2) is 0 Å². The molecule has 92 valence electrons. The predicted molar refractivity (Wildman–Crippen MR) is 78.6 cm³/mol. The van der Waals surface area contributed by atoms with Crippen LogP contribution in [-0.2, 0) is 0 Å². The molecule has 0 aliphatic carbocycles. The zero-order valence-electron chi connectivity index (χ0n) is 10.6. The van der Waals surface area contributed by atoms with E-state index in [1.165, 1.54) is 42.1 Å². The molecule has 1 nitrogen and oxygen atoms in total. The van der Waals surface area contributed by atoms with Gasteiger partial charge in [0.1, 0.15) is 0 Å². The number of hydrogen-bond acceptors (Lipinski definition) is 0. The monoisotopic (exact) mass is 293 g/mol. The quantitative estimate of drug-likeness (QED) is 0.737. The fourth-order valence-corrected chi connectivity index (χ4v) is 2.84. The summed E-state index contributed by atoms with van der Waals surface area (Å²) in [5.41, 5.74) is 2.73. The molecule has 1 heterocycles. The van der Waals surface area contributed by atoms with Crippen molar-refractivity contribution in [2.45, 2.75) is 45.4 Å². The molecule has 0 aliphatic heterocycles. The first kappa shape index (κ1) is 12.7. The smallest absolute Gasteiger partial charge is 0.0457 e. The highest BCUT2D eigenvalue weighted by Gasteiger charge is 2.13. The largest absolute Gasteiger partial charge is 0.361 e. The Balaban J connectivity index is 2.35. The lowest BCUT2D eigenvalue weighted by Crippen LogP contribution is -1.96. The Bertz CT molecular complexity index is 487. The van der Waals surface area contributed by atoms with Gasteiger partial charge in [0.05, 0.1) is 0 Å². The van der Waals surface area contributed by atoms with E-state index in [1.54, 1.807) is 0 Å². The zero-order valence-corrected chi connectivity index (χ0v) is 12.2. The van der Waals surface area contributed by atoms with Crippen LogP contribution in [0.2, 0.25) is 0 Å². The third-order valence-corrected chi connectivity index (χ3v) is 4.01. The molecule has 1 unspecified atom stereocenters. The molecule has 0 aliphatic rings. The van der Waals surface area contributed by atoms with E-state index < -0.39 is 0 Å². The molecule has 0 spiro atoms. The molecule has 0 saturated heterocycles. The van der Waals surface area contributed by atoms with Crippen molar-refractivity contribution >= 4 is 26.8 Å². The molecule has 1 aromatic heterocycles. The lowest BCUT2D eigenvalue weighted by Gasteiger charge is -2.13. The van der Waals surface area contributed by atoms with Crippen LogP contribution < -0.4 is 0 Å². The van der Waals surface area contributed by atoms with E-state index in [2.05, 4.69) is 59.2 Å². The van der Waals surface area contributed by atoms with Gasteiger partial charge in [-0.2, -0.15) is 0 Å². The summed E-state index contributed by atoms with van der Waals surface area (Å²) in [4.78, 5) is 3.39. The molecule has 1 atom stereocenters. The van der Waals surface area contributed by atoms with Gasteiger partial charge in [-0.3, -0.25) is 0 Å². The van der Waals surface area contributed by atoms with Crippen LogP contribution in [0.3, 0.4) is 0 Å². The number of benzene rings is 1. The number of unbranched alkanes of at least 4 members (excludes halogenated alkanes) is 1. The first-order valence-corrected chi connectivity index (χ1v) is 7.32. The van der Waals surface area contributed by atoms with Gasteiger partial charge in [-0.05, 0) is 42.5 Å². The van der Waals surface area contributed by atoms with Crippen LogP contribution in [0.1, 0.15) is 51.0 Å². The molecule has 0 fully saturated rings. The number of halogens is 1. The van der Waals surface area contributed by atoms with Crippen molar-refractivity contribution in [3.05, 3.63) is 34.4 Å². The normalized spacial score (nSPS) is 13.1. The van der Waals surface area contributed by atoms with Gasteiger partial charge in [0.15, 0.2) is 0 Å². The van der Waals surface area contributed by atoms with Crippen molar-refractivity contribution in [2.75, 3.05) is 0 Å². The third kappa shape index (κ3) is 2.74. The number of aromatic amines is 1. The van der Waals surface area contributed by atoms with Gasteiger partial charge in [-0.15, -0.1) is 0 Å². The van der Waals surface area contributed by atoms with Crippen molar-refractivity contribution in [3.8, 4) is 0 Å². The average molecular weight is 294 g/mol. The van der Waals surface area contributed by atoms with Crippen LogP contribution in [0.4, 0.5) is 0 Å². The highest BCUT2D eigenvalue weighted by molar-refractivity contribution is 9.10. The molecular weight excluding hydrogens is 274 g/mol. The summed E-state index contributed by atoms with van der Waals surface area (Å²) in [6, 6.07) is 6.47. The van der Waals surface area contributed by atoms with Gasteiger partial charge < -0.3 is 4.98 Å². The van der Waals surface area contributed by atoms with Gasteiger partial charge in [-0.1, -0.05) is 42.6 Å². The highest BCUT2D eigenvalue weighted by Crippen LogP contribution is 2.32. The molecule has 0 bridgehead atoms. The Labute approximate surface area is 112 Å². The maximum atomic E-state index is 3.56. The summed E-state index contributed by atoms with van der Waals surface area (Å²) in [7, 11) is 0. The first-order valence-electron chi connectivity index (χ1n) is 6.52. The topological polar surface area (TPSA) is 15.8 Å². The zero-order chi connectivity index (χ0) is 12.3. The summed E-state index contributed by atoms with van der Waals surface area (Å²) in [5.74, 6) is 0.693. The number of nitrogens with one attached hydrogen (secondary N) is 1. The molecular formula is C15H20BrN. The predicted octanol–water partition coefficient (Wildman–Crippen LogP) is 5.61. The lowest BCUT2D eigenvalue weighted by molar-refractivity contribution is 0.573. The van der Waals surface area contributed by atoms with Crippen molar-refractivity contribution < 1.29 is 0 Å². The maximum Gasteiger partial charge on any atom is 0.0457 e. The lowest BCUT2D eigenvalue weighted by atomic mass is 9.91. The summed E-state index contributed by atoms with van der Waals surface area (Å²) in [6.45, 7) is 4.55. The number of H-pyrrole nitrogens is 1. The molecule has 2 heteroatoms. The van der Waals surface area contributed by atoms with Crippen molar-refractivity contribution in [1.29, 1.82) is 0 Å². The number of hydrogen-bond donors (Lipinski definition) is 1. The second kappa shape index (κ2) is 5.72. The van der Waals surface area contributed by atoms with E-state index in [0.29, 0.717) is 5.92 Å². The Kier molecular flexibility index (Phi) is 4.27. The fourth-order valence-electron chi connectivity index (χ4n) is 2.48. The molecule has 2 rings (SSSR count). The minimum atomic E-state index is 0.693. The van der Waals surface area contributed by atoms with Crippen molar-refractivity contribution in [1.82, 2.24) is 4.98 Å². The van der Waals surface area contributed by atoms with Gasteiger partial charge >= 0.3 is 0 Å². The number of fused-ring (bicyclic) bond motifs is 1. The Hall–Kier alpha value is -0.760. The Morgan fingerprint density at radius 2 is 2.12 bits per heavy atom. The minimum absolute atomic E-state index is 0.693. The van der Waals surface area contributed by atoms with E-state index in [9.17, 15) is 0 Å². The average Bonchev–Trinajstić information content (AvgIpc) is 2.73. The minimum Gasteiger partial charge on any atom is -0.361 e. The highest BCUT2D eigenvalue weighted by atomic mass is 79.9. The molecule has 17 heavy (non-hydrogen) atoms. The Morgan fingerprint density at radius 1 is 1.29 bits per heavy atom. The maximum absolute atomic E-state index is 3.56. The van der Waals surface area contributed by atoms with Gasteiger partial charge in [0.25, 0.3) is 0 Å². The molecule has 2 aromatic rings. The van der Waals surface area contributed by atoms with Crippen molar-refractivity contribution in [2.24, 2.45) is 0 Å². The van der Waals surface area contributed by atoms with E-state index >= 15 is 0 Å². The van der Waals surface area contributed by atoms with Crippen LogP contribution in [0.25, 0.3) is 10.9 Å². The summed E-state index contributed by atoms with van der Waals surface area (Å²) in [6.07, 6.45) is 7.31. The van der Waals surface area contributed by atoms with Crippen LogP contribution in [0.5, 0.6) is 0 Å². The number of rotatable bonds is 5. The molecule has 0 amide bonds. The van der Waals surface area contributed by atoms with E-state index in [4.69, 9.17) is 0 Å². The molecule has 0 saturated carbocycles. The fraction of sp³-hybridized carbons (Fsp3) is 0.467. The molecule has 1 aromatic carbocycles. The van der Waals surface area contributed by atoms with Crippen LogP contribution in [0.15, 0.2) is 28.9 Å². The van der Waals surface area contributed by atoms with E-state index in [-0.39, 0.29) is 0 Å². The third-order valence-electron chi connectivity index (χ3n) is 3.51. The van der Waals surface area contributed by atoms with E-state index in [1.807, 2.05) is 0 Å². The standard InChI is InChI=1S/C15H20BrN/c1-3-5-6-11(4-2)14-10-17-15-8-7-12(16)9-13(14)15/h7-11,17H,3-6H2,1-2H3. The molecule has 0 radical (unpaired) electrons. The Morgan fingerprint density at radius 3 is 2.82 bits per heavy atom. The second-order valence-corrected chi connectivity index (χ2v) is 5.60. The van der Waals surface area contributed by atoms with Gasteiger partial charge in [0.2, 0.25) is 0 Å².